The summed E-state index contributed by atoms with van der Waals surface area (Å²) < 4.78 is 6.81. The van der Waals surface area contributed by atoms with Crippen LogP contribution in [0, 0.1) is 0 Å². The van der Waals surface area contributed by atoms with Crippen LogP contribution in [-0.2, 0) is 0 Å². The van der Waals surface area contributed by atoms with Crippen LogP contribution in [0.2, 0.25) is 0 Å². The summed E-state index contributed by atoms with van der Waals surface area (Å²) in [6.07, 6.45) is 1.59. The van der Waals surface area contributed by atoms with Gasteiger partial charge in [-0.1, -0.05) is 26.0 Å². The van der Waals surface area contributed by atoms with E-state index >= 15 is 0 Å². The summed E-state index contributed by atoms with van der Waals surface area (Å²) in [6, 6.07) is 13.1. The van der Waals surface area contributed by atoms with Crippen LogP contribution in [0.25, 0.3) is 17.1 Å². The van der Waals surface area contributed by atoms with E-state index in [1.165, 1.54) is 16.3 Å². The summed E-state index contributed by atoms with van der Waals surface area (Å²) in [4.78, 5) is 12.0. The van der Waals surface area contributed by atoms with Crippen molar-refractivity contribution in [2.45, 2.75) is 19.8 Å². The van der Waals surface area contributed by atoms with Crippen molar-refractivity contribution in [3.63, 3.8) is 0 Å². The van der Waals surface area contributed by atoms with E-state index in [1.807, 2.05) is 30.3 Å². The highest BCUT2D eigenvalue weighted by Gasteiger charge is 2.09. The Morgan fingerprint density at radius 2 is 1.90 bits per heavy atom. The number of rotatable bonds is 3. The predicted molar refractivity (Wildman–Crippen MR) is 78.2 cm³/mol. The number of furan rings is 1. The monoisotopic (exact) mass is 268 g/mol. The summed E-state index contributed by atoms with van der Waals surface area (Å²) in [5.41, 5.74) is 2.64. The molecule has 0 spiro atoms. The van der Waals surface area contributed by atoms with Gasteiger partial charge in [0.05, 0.1) is 12.0 Å². The minimum atomic E-state index is -0.103. The molecule has 0 radical (unpaired) electrons. The van der Waals surface area contributed by atoms with Gasteiger partial charge in [0.2, 0.25) is 0 Å². The lowest BCUT2D eigenvalue weighted by Gasteiger charge is -2.07. The van der Waals surface area contributed by atoms with Gasteiger partial charge in [-0.3, -0.25) is 9.89 Å². The fraction of sp³-hybridized carbons (Fsp3) is 0.188. The lowest BCUT2D eigenvalue weighted by Crippen LogP contribution is -2.13. The molecule has 0 amide bonds. The largest absolute Gasteiger partial charge is 0.463 e. The highest BCUT2D eigenvalue weighted by atomic mass is 16.3. The van der Waals surface area contributed by atoms with Gasteiger partial charge in [-0.2, -0.15) is 0 Å². The molecule has 0 fully saturated rings. The number of aromatic amines is 1. The van der Waals surface area contributed by atoms with Gasteiger partial charge in [-0.15, -0.1) is 0 Å². The van der Waals surface area contributed by atoms with Crippen LogP contribution in [0.4, 0.5) is 0 Å². The highest BCUT2D eigenvalue weighted by Crippen LogP contribution is 2.18. The molecule has 0 saturated carbocycles. The first kappa shape index (κ1) is 12.5. The van der Waals surface area contributed by atoms with Crippen molar-refractivity contribution in [1.82, 2.24) is 9.78 Å². The maximum atomic E-state index is 12.0. The second kappa shape index (κ2) is 4.89. The molecule has 102 valence electrons. The third kappa shape index (κ3) is 2.20. The molecule has 0 aliphatic rings. The molecular weight excluding hydrogens is 252 g/mol. The molecule has 3 rings (SSSR count). The Morgan fingerprint density at radius 3 is 2.50 bits per heavy atom. The highest BCUT2D eigenvalue weighted by molar-refractivity contribution is 5.51. The van der Waals surface area contributed by atoms with Crippen molar-refractivity contribution < 1.29 is 4.42 Å². The number of nitrogens with one attached hydrogen (secondary N) is 1. The quantitative estimate of drug-likeness (QED) is 0.789. The Bertz CT molecular complexity index is 747. The smallest absolute Gasteiger partial charge is 0.271 e. The summed E-state index contributed by atoms with van der Waals surface area (Å²) >= 11 is 0. The molecule has 2 heterocycles. The molecule has 0 aliphatic carbocycles. The van der Waals surface area contributed by atoms with Crippen LogP contribution >= 0.6 is 0 Å². The van der Waals surface area contributed by atoms with Crippen LogP contribution in [0.1, 0.15) is 25.3 Å². The molecule has 0 unspecified atom stereocenters. The average Bonchev–Trinajstić information content (AvgIpc) is 3.08. The SMILES string of the molecule is CC(C)c1ccc(-n2[nH]c(-c3ccco3)cc2=O)cc1. The molecule has 4 heteroatoms. The van der Waals surface area contributed by atoms with Crippen molar-refractivity contribution >= 4 is 0 Å². The zero-order chi connectivity index (χ0) is 14.1. The Balaban J connectivity index is 2.00. The van der Waals surface area contributed by atoms with Gasteiger partial charge in [0, 0.05) is 6.07 Å². The van der Waals surface area contributed by atoms with Gasteiger partial charge in [-0.05, 0) is 35.7 Å². The van der Waals surface area contributed by atoms with Crippen LogP contribution in [0.5, 0.6) is 0 Å². The van der Waals surface area contributed by atoms with E-state index in [0.717, 1.165) is 5.69 Å². The Morgan fingerprint density at radius 1 is 1.15 bits per heavy atom. The number of nitrogens with zero attached hydrogens (tertiary/aromatic N) is 1. The number of hydrogen-bond acceptors (Lipinski definition) is 2. The second-order valence-electron chi connectivity index (χ2n) is 5.07. The summed E-state index contributed by atoms with van der Waals surface area (Å²) in [6.45, 7) is 4.29. The molecule has 2 aromatic heterocycles. The van der Waals surface area contributed by atoms with Crippen molar-refractivity contribution in [2.75, 3.05) is 0 Å². The molecule has 1 aromatic carbocycles. The first-order valence-corrected chi connectivity index (χ1v) is 6.61. The zero-order valence-corrected chi connectivity index (χ0v) is 11.5. The van der Waals surface area contributed by atoms with E-state index in [-0.39, 0.29) is 5.56 Å². The first-order chi connectivity index (χ1) is 9.65. The number of H-pyrrole nitrogens is 1. The van der Waals surface area contributed by atoms with Gasteiger partial charge in [0.15, 0.2) is 5.76 Å². The molecule has 3 aromatic rings. The standard InChI is InChI=1S/C16H16N2O2/c1-11(2)12-5-7-13(8-6-12)18-16(19)10-14(17-18)15-4-3-9-20-15/h3-11,17H,1-2H3. The van der Waals surface area contributed by atoms with Gasteiger partial charge in [0.1, 0.15) is 5.69 Å². The maximum Gasteiger partial charge on any atom is 0.271 e. The van der Waals surface area contributed by atoms with Crippen molar-refractivity contribution in [2.24, 2.45) is 0 Å². The summed E-state index contributed by atoms with van der Waals surface area (Å²) in [5, 5.41) is 3.06. The van der Waals surface area contributed by atoms with Crippen LogP contribution < -0.4 is 5.56 Å². The van der Waals surface area contributed by atoms with Gasteiger partial charge in [-0.25, -0.2) is 4.68 Å². The predicted octanol–water partition coefficient (Wildman–Crippen LogP) is 3.55. The minimum Gasteiger partial charge on any atom is -0.463 e. The molecule has 0 bridgehead atoms. The minimum absolute atomic E-state index is 0.103. The van der Waals surface area contributed by atoms with Gasteiger partial charge < -0.3 is 4.42 Å². The van der Waals surface area contributed by atoms with E-state index in [0.29, 0.717) is 17.4 Å². The van der Waals surface area contributed by atoms with Crippen molar-refractivity contribution in [1.29, 1.82) is 0 Å². The third-order valence-electron chi connectivity index (χ3n) is 3.33. The van der Waals surface area contributed by atoms with E-state index < -0.39 is 0 Å². The van der Waals surface area contributed by atoms with Gasteiger partial charge in [0.25, 0.3) is 5.56 Å². The summed E-state index contributed by atoms with van der Waals surface area (Å²) in [5.74, 6) is 1.13. The number of hydrogen-bond donors (Lipinski definition) is 1. The molecule has 0 aliphatic heterocycles. The average molecular weight is 268 g/mol. The topological polar surface area (TPSA) is 50.9 Å². The van der Waals surface area contributed by atoms with Crippen molar-refractivity contribution in [3.05, 3.63) is 64.6 Å². The first-order valence-electron chi connectivity index (χ1n) is 6.61. The molecule has 4 nitrogen and oxygen atoms in total. The van der Waals surface area contributed by atoms with E-state index in [4.69, 9.17) is 4.42 Å². The van der Waals surface area contributed by atoms with E-state index in [1.54, 1.807) is 12.3 Å². The van der Waals surface area contributed by atoms with Crippen LogP contribution in [0.3, 0.4) is 0 Å². The van der Waals surface area contributed by atoms with E-state index in [9.17, 15) is 4.79 Å². The van der Waals surface area contributed by atoms with Crippen molar-refractivity contribution in [3.8, 4) is 17.1 Å². The van der Waals surface area contributed by atoms with Gasteiger partial charge >= 0.3 is 0 Å². The normalized spacial score (nSPS) is 11.2. The Kier molecular flexibility index (Phi) is 3.06. The lowest BCUT2D eigenvalue weighted by molar-refractivity contribution is 0.579. The van der Waals surface area contributed by atoms with Crippen LogP contribution in [0.15, 0.2) is 57.9 Å². The maximum absolute atomic E-state index is 12.0. The molecule has 20 heavy (non-hydrogen) atoms. The Labute approximate surface area is 116 Å². The number of aromatic nitrogens is 2. The molecule has 1 N–H and O–H groups in total. The fourth-order valence-electron chi connectivity index (χ4n) is 2.15. The second-order valence-corrected chi connectivity index (χ2v) is 5.07. The molecular formula is C16H16N2O2. The molecule has 0 saturated heterocycles. The molecule has 0 atom stereocenters. The third-order valence-corrected chi connectivity index (χ3v) is 3.33. The van der Waals surface area contributed by atoms with E-state index in [2.05, 4.69) is 18.9 Å². The Hall–Kier alpha value is -2.49. The van der Waals surface area contributed by atoms with Crippen LogP contribution in [-0.4, -0.2) is 9.78 Å². The zero-order valence-electron chi connectivity index (χ0n) is 11.5. The fourth-order valence-corrected chi connectivity index (χ4v) is 2.15. The lowest BCUT2D eigenvalue weighted by atomic mass is 10.0. The summed E-state index contributed by atoms with van der Waals surface area (Å²) in [7, 11) is 0. The number of benzene rings is 1.